The van der Waals surface area contributed by atoms with Crippen molar-refractivity contribution < 1.29 is 28.7 Å². The fraction of sp³-hybridized carbons (Fsp3) is 0.474. The van der Waals surface area contributed by atoms with Crippen molar-refractivity contribution >= 4 is 29.4 Å². The number of nitrogens with zero attached hydrogens (tertiary/aromatic N) is 2. The normalized spacial score (nSPS) is 13.1. The highest BCUT2D eigenvalue weighted by Gasteiger charge is 2.26. The molecule has 0 saturated heterocycles. The average Bonchev–Trinajstić information content (AvgIpc) is 2.83. The van der Waals surface area contributed by atoms with Gasteiger partial charge in [-0.05, 0) is 18.6 Å². The molecule has 1 aromatic rings. The molecule has 0 aromatic heterocycles. The Kier molecular flexibility index (Phi) is 7.79. The second kappa shape index (κ2) is 10.3. The number of ether oxygens (including phenoxy) is 2. The Labute approximate surface area is 163 Å². The van der Waals surface area contributed by atoms with Crippen LogP contribution in [0.15, 0.2) is 24.3 Å². The van der Waals surface area contributed by atoms with Crippen LogP contribution in [0.25, 0.3) is 0 Å². The lowest BCUT2D eigenvalue weighted by atomic mass is 10.2. The van der Waals surface area contributed by atoms with Gasteiger partial charge in [0, 0.05) is 13.6 Å². The van der Waals surface area contributed by atoms with Gasteiger partial charge in [0.2, 0.25) is 11.8 Å². The van der Waals surface area contributed by atoms with Crippen LogP contribution in [0.5, 0.6) is 5.75 Å². The van der Waals surface area contributed by atoms with E-state index in [1.54, 1.807) is 24.3 Å². The van der Waals surface area contributed by atoms with E-state index in [1.807, 2.05) is 6.92 Å². The van der Waals surface area contributed by atoms with Crippen LogP contribution in [0.2, 0.25) is 0 Å². The number of carbonyl (C=O) groups is 4. The first-order valence-corrected chi connectivity index (χ1v) is 9.10. The van der Waals surface area contributed by atoms with Gasteiger partial charge in [-0.2, -0.15) is 0 Å². The zero-order valence-electron chi connectivity index (χ0n) is 16.1. The molecule has 0 spiro atoms. The van der Waals surface area contributed by atoms with Crippen LogP contribution in [-0.2, 0) is 23.9 Å². The molecule has 0 fully saturated rings. The number of fused-ring (bicyclic) bond motifs is 1. The van der Waals surface area contributed by atoms with E-state index in [2.05, 4.69) is 5.32 Å². The number of para-hydroxylation sites is 2. The summed E-state index contributed by atoms with van der Waals surface area (Å²) in [6.07, 6.45) is 0.931. The number of anilines is 1. The number of benzene rings is 1. The monoisotopic (exact) mass is 391 g/mol. The molecule has 152 valence electrons. The Morgan fingerprint density at radius 2 is 2.04 bits per heavy atom. The van der Waals surface area contributed by atoms with Gasteiger partial charge in [0.25, 0.3) is 5.91 Å². The van der Waals surface area contributed by atoms with Crippen LogP contribution in [-0.4, -0.2) is 68.5 Å². The fourth-order valence-corrected chi connectivity index (χ4v) is 2.54. The maximum absolute atomic E-state index is 12.3. The Morgan fingerprint density at radius 1 is 1.29 bits per heavy atom. The smallest absolute Gasteiger partial charge is 0.326 e. The highest BCUT2D eigenvalue weighted by atomic mass is 16.5. The van der Waals surface area contributed by atoms with E-state index in [4.69, 9.17) is 9.47 Å². The topological polar surface area (TPSA) is 105 Å². The molecule has 0 saturated carbocycles. The lowest BCUT2D eigenvalue weighted by Gasteiger charge is -2.21. The molecule has 1 N–H and O–H groups in total. The van der Waals surface area contributed by atoms with Gasteiger partial charge in [0.1, 0.15) is 12.3 Å². The van der Waals surface area contributed by atoms with Crippen LogP contribution in [0, 0.1) is 0 Å². The first-order valence-electron chi connectivity index (χ1n) is 9.10. The summed E-state index contributed by atoms with van der Waals surface area (Å²) >= 11 is 0. The molecule has 9 nitrogen and oxygen atoms in total. The van der Waals surface area contributed by atoms with Crippen molar-refractivity contribution in [2.45, 2.75) is 19.8 Å². The third kappa shape index (κ3) is 5.97. The van der Waals surface area contributed by atoms with Crippen LogP contribution in [0.3, 0.4) is 0 Å². The number of amides is 3. The average molecular weight is 391 g/mol. The van der Waals surface area contributed by atoms with Crippen molar-refractivity contribution in [3.8, 4) is 5.75 Å². The zero-order chi connectivity index (χ0) is 20.5. The predicted octanol–water partition coefficient (Wildman–Crippen LogP) is 0.330. The van der Waals surface area contributed by atoms with Crippen LogP contribution in [0.4, 0.5) is 5.69 Å². The molecule has 28 heavy (non-hydrogen) atoms. The van der Waals surface area contributed by atoms with Crippen LogP contribution >= 0.6 is 0 Å². The lowest BCUT2D eigenvalue weighted by Crippen LogP contribution is -2.41. The minimum Gasteiger partial charge on any atom is -0.491 e. The number of esters is 1. The lowest BCUT2D eigenvalue weighted by molar-refractivity contribution is -0.151. The summed E-state index contributed by atoms with van der Waals surface area (Å²) < 4.78 is 10.5. The Bertz CT molecular complexity index is 736. The largest absolute Gasteiger partial charge is 0.491 e. The highest BCUT2D eigenvalue weighted by Crippen LogP contribution is 2.30. The summed E-state index contributed by atoms with van der Waals surface area (Å²) in [5.41, 5.74) is 0.484. The molecule has 9 heteroatoms. The van der Waals surface area contributed by atoms with Gasteiger partial charge in [-0.3, -0.25) is 24.1 Å². The van der Waals surface area contributed by atoms with Crippen molar-refractivity contribution in [2.75, 3.05) is 44.8 Å². The van der Waals surface area contributed by atoms with Gasteiger partial charge in [-0.25, -0.2) is 0 Å². The molecule has 1 aliphatic rings. The van der Waals surface area contributed by atoms with Crippen LogP contribution < -0.4 is 15.0 Å². The third-order valence-electron chi connectivity index (χ3n) is 4.05. The maximum atomic E-state index is 12.3. The first-order chi connectivity index (χ1) is 13.4. The molecule has 1 aromatic carbocycles. The molecular weight excluding hydrogens is 366 g/mol. The quantitative estimate of drug-likeness (QED) is 0.641. The summed E-state index contributed by atoms with van der Waals surface area (Å²) in [4.78, 5) is 50.6. The van der Waals surface area contributed by atoms with E-state index in [0.717, 1.165) is 6.42 Å². The molecule has 0 unspecified atom stereocenters. The Morgan fingerprint density at radius 3 is 2.79 bits per heavy atom. The second-order valence-corrected chi connectivity index (χ2v) is 6.31. The minimum absolute atomic E-state index is 0.119. The van der Waals surface area contributed by atoms with E-state index in [-0.39, 0.29) is 37.9 Å². The number of nitrogens with one attached hydrogen (secondary N) is 1. The summed E-state index contributed by atoms with van der Waals surface area (Å²) in [5, 5.41) is 2.66. The SMILES string of the molecule is CCCNC(=O)CN(C)C(=O)COC(=O)CN1C(=O)CCOc2ccccc21. The molecule has 2 rings (SSSR count). The van der Waals surface area contributed by atoms with Crippen LogP contribution in [0.1, 0.15) is 19.8 Å². The fourth-order valence-electron chi connectivity index (χ4n) is 2.54. The number of carbonyl (C=O) groups excluding carboxylic acids is 4. The summed E-state index contributed by atoms with van der Waals surface area (Å²) in [6.45, 7) is 1.74. The molecule has 0 bridgehead atoms. The van der Waals surface area contributed by atoms with E-state index in [1.165, 1.54) is 16.8 Å². The van der Waals surface area contributed by atoms with Gasteiger partial charge in [0.15, 0.2) is 6.61 Å². The van der Waals surface area contributed by atoms with E-state index in [0.29, 0.717) is 18.0 Å². The maximum Gasteiger partial charge on any atom is 0.326 e. The zero-order valence-corrected chi connectivity index (χ0v) is 16.1. The molecule has 0 aliphatic carbocycles. The van der Waals surface area contributed by atoms with Gasteiger partial charge in [-0.1, -0.05) is 19.1 Å². The van der Waals surface area contributed by atoms with Crippen molar-refractivity contribution in [2.24, 2.45) is 0 Å². The van der Waals surface area contributed by atoms with Gasteiger partial charge >= 0.3 is 5.97 Å². The predicted molar refractivity (Wildman–Crippen MR) is 101 cm³/mol. The third-order valence-corrected chi connectivity index (χ3v) is 4.05. The highest BCUT2D eigenvalue weighted by molar-refractivity contribution is 5.99. The molecular formula is C19H25N3O6. The number of hydrogen-bond acceptors (Lipinski definition) is 6. The van der Waals surface area contributed by atoms with E-state index >= 15 is 0 Å². The van der Waals surface area contributed by atoms with E-state index in [9.17, 15) is 19.2 Å². The Hall–Kier alpha value is -3.10. The van der Waals surface area contributed by atoms with Crippen molar-refractivity contribution in [1.29, 1.82) is 0 Å². The summed E-state index contributed by atoms with van der Waals surface area (Å²) in [6, 6.07) is 6.91. The summed E-state index contributed by atoms with van der Waals surface area (Å²) in [5.74, 6) is -1.27. The minimum atomic E-state index is -0.720. The number of hydrogen-bond donors (Lipinski definition) is 1. The number of likely N-dealkylation sites (N-methyl/N-ethyl adjacent to an activating group) is 1. The van der Waals surface area contributed by atoms with Gasteiger partial charge < -0.3 is 19.7 Å². The molecule has 1 aliphatic heterocycles. The standard InChI is InChI=1S/C19H25N3O6/c1-3-9-20-16(23)11-21(2)18(25)13-28-19(26)12-22-14-6-4-5-7-15(14)27-10-8-17(22)24/h4-7H,3,8-13H2,1-2H3,(H,20,23). The van der Waals surface area contributed by atoms with Crippen molar-refractivity contribution in [1.82, 2.24) is 10.2 Å². The number of rotatable bonds is 8. The molecule has 1 heterocycles. The Balaban J connectivity index is 1.87. The first kappa shape index (κ1) is 21.2. The van der Waals surface area contributed by atoms with Gasteiger partial charge in [-0.15, -0.1) is 0 Å². The molecule has 0 radical (unpaired) electrons. The van der Waals surface area contributed by atoms with Gasteiger partial charge in [0.05, 0.1) is 25.3 Å². The second-order valence-electron chi connectivity index (χ2n) is 6.31. The van der Waals surface area contributed by atoms with Crippen molar-refractivity contribution in [3.05, 3.63) is 24.3 Å². The summed E-state index contributed by atoms with van der Waals surface area (Å²) in [7, 11) is 1.45. The molecule has 0 atom stereocenters. The van der Waals surface area contributed by atoms with E-state index < -0.39 is 18.5 Å². The van der Waals surface area contributed by atoms with Crippen molar-refractivity contribution in [3.63, 3.8) is 0 Å². The molecule has 3 amide bonds.